The van der Waals surface area contributed by atoms with Crippen LogP contribution in [0, 0.1) is 15.5 Å². The predicted molar refractivity (Wildman–Crippen MR) is 94.5 cm³/mol. The highest BCUT2D eigenvalue weighted by Gasteiger charge is 2.41. The number of hydrogen-bond donors (Lipinski definition) is 0. The van der Waals surface area contributed by atoms with Crippen LogP contribution in [0.5, 0.6) is 5.88 Å². The van der Waals surface area contributed by atoms with Gasteiger partial charge in [-0.25, -0.2) is 9.78 Å². The third-order valence-electron chi connectivity index (χ3n) is 4.10. The van der Waals surface area contributed by atoms with Gasteiger partial charge in [-0.1, -0.05) is 0 Å². The highest BCUT2D eigenvalue weighted by Crippen LogP contribution is 2.35. The molecule has 0 bridgehead atoms. The lowest BCUT2D eigenvalue weighted by atomic mass is 9.80. The lowest BCUT2D eigenvalue weighted by Gasteiger charge is -2.37. The van der Waals surface area contributed by atoms with E-state index in [0.29, 0.717) is 25.9 Å². The van der Waals surface area contributed by atoms with Crippen LogP contribution in [0.15, 0.2) is 6.20 Å². The third-order valence-corrected chi connectivity index (χ3v) is 4.29. The van der Waals surface area contributed by atoms with E-state index in [1.807, 2.05) is 0 Å². The van der Waals surface area contributed by atoms with E-state index in [1.54, 1.807) is 27.7 Å². The van der Waals surface area contributed by atoms with Crippen molar-refractivity contribution in [2.45, 2.75) is 46.1 Å². The summed E-state index contributed by atoms with van der Waals surface area (Å²) in [4.78, 5) is 43.7. The number of amides is 1. The molecule has 0 aromatic carbocycles. The summed E-state index contributed by atoms with van der Waals surface area (Å²) in [6.07, 6.45) is 1.07. The minimum atomic E-state index is -0.927. The number of carbonyl (C=O) groups excluding carboxylic acids is 2. The van der Waals surface area contributed by atoms with Gasteiger partial charge in [0, 0.05) is 13.1 Å². The van der Waals surface area contributed by atoms with Crippen LogP contribution >= 0.6 is 11.6 Å². The molecule has 0 unspecified atom stereocenters. The topological polar surface area (TPSA) is 125 Å². The van der Waals surface area contributed by atoms with E-state index in [0.717, 1.165) is 6.20 Å². The van der Waals surface area contributed by atoms with Gasteiger partial charge in [0.15, 0.2) is 0 Å². The lowest BCUT2D eigenvalue weighted by Crippen LogP contribution is -2.47. The van der Waals surface area contributed by atoms with Gasteiger partial charge in [-0.05, 0) is 52.1 Å². The molecule has 1 amide bonds. The van der Waals surface area contributed by atoms with Crippen molar-refractivity contribution < 1.29 is 24.0 Å². The fourth-order valence-electron chi connectivity index (χ4n) is 2.46. The molecule has 1 aromatic heterocycles. The Morgan fingerprint density at radius 2 is 1.93 bits per heavy atom. The Balaban J connectivity index is 2.05. The van der Waals surface area contributed by atoms with Gasteiger partial charge >= 0.3 is 23.6 Å². The molecule has 1 saturated heterocycles. The number of carbonyl (C=O) groups is 2. The first-order chi connectivity index (χ1) is 12.4. The van der Waals surface area contributed by atoms with Crippen LogP contribution in [0.3, 0.4) is 0 Å². The number of aromatic nitrogens is 2. The van der Waals surface area contributed by atoms with Crippen LogP contribution in [-0.4, -0.2) is 50.5 Å². The van der Waals surface area contributed by atoms with Gasteiger partial charge < -0.3 is 14.4 Å². The van der Waals surface area contributed by atoms with Crippen LogP contribution < -0.4 is 4.74 Å². The summed E-state index contributed by atoms with van der Waals surface area (Å²) in [5, 5.41) is 10.8. The number of esters is 1. The van der Waals surface area contributed by atoms with Gasteiger partial charge in [0.05, 0.1) is 10.3 Å². The highest BCUT2D eigenvalue weighted by atomic mass is 35.5. The molecular weight excluding hydrogens is 380 g/mol. The van der Waals surface area contributed by atoms with E-state index in [-0.39, 0.29) is 5.28 Å². The molecule has 11 heteroatoms. The zero-order valence-electron chi connectivity index (χ0n) is 15.5. The van der Waals surface area contributed by atoms with Gasteiger partial charge in [-0.15, -0.1) is 0 Å². The Morgan fingerprint density at radius 3 is 2.44 bits per heavy atom. The second-order valence-corrected chi connectivity index (χ2v) is 7.84. The largest absolute Gasteiger partial charge is 0.444 e. The Bertz CT molecular complexity index is 756. The number of hydrogen-bond acceptors (Lipinski definition) is 8. The molecule has 2 heterocycles. The van der Waals surface area contributed by atoms with Gasteiger partial charge in [-0.2, -0.15) is 4.98 Å². The molecule has 0 radical (unpaired) electrons. The molecule has 27 heavy (non-hydrogen) atoms. The Morgan fingerprint density at radius 1 is 1.33 bits per heavy atom. The Labute approximate surface area is 161 Å². The lowest BCUT2D eigenvalue weighted by molar-refractivity contribution is -0.386. The monoisotopic (exact) mass is 400 g/mol. The van der Waals surface area contributed by atoms with Crippen LogP contribution in [0.1, 0.15) is 40.5 Å². The third kappa shape index (κ3) is 5.25. The Hall–Kier alpha value is -2.49. The minimum absolute atomic E-state index is 0.270. The van der Waals surface area contributed by atoms with Crippen molar-refractivity contribution in [3.63, 3.8) is 0 Å². The van der Waals surface area contributed by atoms with Crippen molar-refractivity contribution in [1.29, 1.82) is 0 Å². The van der Waals surface area contributed by atoms with Crippen molar-refractivity contribution >= 4 is 29.4 Å². The molecular formula is C16H21ClN4O6. The van der Waals surface area contributed by atoms with E-state index in [1.165, 1.54) is 4.90 Å². The Kier molecular flexibility index (Phi) is 5.88. The second kappa shape index (κ2) is 7.63. The van der Waals surface area contributed by atoms with Gasteiger partial charge in [0.1, 0.15) is 11.8 Å². The summed E-state index contributed by atoms with van der Waals surface area (Å²) in [6, 6.07) is 0. The number of piperidine rings is 1. The number of nitrogens with zero attached hydrogens (tertiary/aromatic N) is 4. The summed E-state index contributed by atoms with van der Waals surface area (Å²) in [6.45, 7) is 7.60. The summed E-state index contributed by atoms with van der Waals surface area (Å²) in [5.74, 6) is -1.18. The van der Waals surface area contributed by atoms with Crippen LogP contribution in [-0.2, 0) is 9.53 Å². The fraction of sp³-hybridized carbons (Fsp3) is 0.625. The first-order valence-electron chi connectivity index (χ1n) is 8.28. The van der Waals surface area contributed by atoms with Crippen molar-refractivity contribution in [1.82, 2.24) is 14.9 Å². The predicted octanol–water partition coefficient (Wildman–Crippen LogP) is 2.98. The van der Waals surface area contributed by atoms with E-state index in [2.05, 4.69) is 9.97 Å². The summed E-state index contributed by atoms with van der Waals surface area (Å²) in [7, 11) is 0. The maximum atomic E-state index is 12.6. The minimum Gasteiger partial charge on any atom is -0.444 e. The molecule has 1 aliphatic rings. The number of rotatable bonds is 3. The maximum Gasteiger partial charge on any atom is 0.410 e. The molecule has 0 aliphatic carbocycles. The summed E-state index contributed by atoms with van der Waals surface area (Å²) < 4.78 is 10.5. The van der Waals surface area contributed by atoms with Crippen molar-refractivity contribution in [2.75, 3.05) is 13.1 Å². The smallest absolute Gasteiger partial charge is 0.410 e. The van der Waals surface area contributed by atoms with Crippen molar-refractivity contribution in [2.24, 2.45) is 5.41 Å². The quantitative estimate of drug-likeness (QED) is 0.328. The van der Waals surface area contributed by atoms with Gasteiger partial charge in [0.2, 0.25) is 5.28 Å². The zero-order chi connectivity index (χ0) is 20.4. The summed E-state index contributed by atoms with van der Waals surface area (Å²) >= 11 is 5.64. The molecule has 0 spiro atoms. The van der Waals surface area contributed by atoms with Crippen LogP contribution in [0.25, 0.3) is 0 Å². The molecule has 10 nitrogen and oxygen atoms in total. The molecule has 0 N–H and O–H groups in total. The molecule has 0 atom stereocenters. The van der Waals surface area contributed by atoms with E-state index in [9.17, 15) is 19.7 Å². The fourth-order valence-corrected chi connectivity index (χ4v) is 2.59. The first-order valence-corrected chi connectivity index (χ1v) is 8.66. The van der Waals surface area contributed by atoms with Crippen molar-refractivity contribution in [3.05, 3.63) is 21.6 Å². The highest BCUT2D eigenvalue weighted by molar-refractivity contribution is 6.28. The van der Waals surface area contributed by atoms with E-state index in [4.69, 9.17) is 21.1 Å². The van der Waals surface area contributed by atoms with E-state index < -0.39 is 39.6 Å². The molecule has 1 aliphatic heterocycles. The normalized spacial score (nSPS) is 16.6. The molecule has 1 fully saturated rings. The molecule has 0 saturated carbocycles. The number of halogens is 1. The van der Waals surface area contributed by atoms with Crippen molar-refractivity contribution in [3.8, 4) is 5.88 Å². The number of nitro groups is 1. The maximum absolute atomic E-state index is 12.6. The van der Waals surface area contributed by atoms with Crippen LogP contribution in [0.2, 0.25) is 5.28 Å². The first kappa shape index (κ1) is 20.8. The van der Waals surface area contributed by atoms with E-state index >= 15 is 0 Å². The number of likely N-dealkylation sites (tertiary alicyclic amines) is 1. The average Bonchev–Trinajstić information content (AvgIpc) is 2.53. The molecule has 2 rings (SSSR count). The van der Waals surface area contributed by atoms with Gasteiger partial charge in [-0.3, -0.25) is 14.9 Å². The zero-order valence-corrected chi connectivity index (χ0v) is 16.3. The van der Waals surface area contributed by atoms with Crippen LogP contribution in [0.4, 0.5) is 10.5 Å². The van der Waals surface area contributed by atoms with Gasteiger partial charge in [0.25, 0.3) is 0 Å². The molecule has 1 aromatic rings. The average molecular weight is 401 g/mol. The summed E-state index contributed by atoms with van der Waals surface area (Å²) in [5.41, 5.74) is -2.09. The SMILES string of the molecule is CC(C)(C)OC(=O)N1CCC(C)(C(=O)Oc2nc(Cl)ncc2[N+](=O)[O-])CC1. The number of ether oxygens (including phenoxy) is 2. The standard InChI is InChI=1S/C16H21ClN4O6/c1-15(2,3)27-14(23)20-7-5-16(4,6-8-20)12(22)26-11-10(21(24)25)9-18-13(17)19-11/h9H,5-8H2,1-4H3. The molecule has 148 valence electrons. The second-order valence-electron chi connectivity index (χ2n) is 7.50.